The minimum absolute atomic E-state index is 0.358. The fraction of sp³-hybridized carbons (Fsp3) is 0.214. The van der Waals surface area contributed by atoms with Gasteiger partial charge in [0.25, 0.3) is 0 Å². The van der Waals surface area contributed by atoms with E-state index in [1.54, 1.807) is 18.2 Å². The molecule has 3 nitrogen and oxygen atoms in total. The van der Waals surface area contributed by atoms with Crippen LogP contribution >= 0.6 is 34.8 Å². The molecule has 6 heteroatoms. The van der Waals surface area contributed by atoms with Crippen LogP contribution in [0.2, 0.25) is 15.1 Å². The molecule has 1 aromatic carbocycles. The molecule has 106 valence electrons. The van der Waals surface area contributed by atoms with Crippen molar-refractivity contribution in [1.29, 1.82) is 0 Å². The fourth-order valence-electron chi connectivity index (χ4n) is 1.57. The van der Waals surface area contributed by atoms with Gasteiger partial charge in [-0.3, -0.25) is 4.98 Å². The van der Waals surface area contributed by atoms with E-state index in [1.165, 1.54) is 12.3 Å². The normalized spacial score (nSPS) is 12.2. The molecular formula is C14H12Cl3NO2. The average molecular weight is 333 g/mol. The summed E-state index contributed by atoms with van der Waals surface area (Å²) >= 11 is 17.8. The Bertz CT molecular complexity index is 602. The van der Waals surface area contributed by atoms with E-state index in [9.17, 15) is 5.11 Å². The number of ether oxygens (including phenoxy) is 1. The molecule has 0 radical (unpaired) electrons. The van der Waals surface area contributed by atoms with Gasteiger partial charge in [0, 0.05) is 6.07 Å². The predicted octanol–water partition coefficient (Wildman–Crippen LogP) is 5.28. The minimum Gasteiger partial charge on any atom is -0.454 e. The second-order valence-corrected chi connectivity index (χ2v) is 5.36. The fourth-order valence-corrected chi connectivity index (χ4v) is 2.14. The highest BCUT2D eigenvalue weighted by molar-refractivity contribution is 6.43. The Morgan fingerprint density at radius 3 is 2.45 bits per heavy atom. The maximum absolute atomic E-state index is 9.66. The molecule has 1 aromatic heterocycles. The monoisotopic (exact) mass is 331 g/mol. The van der Waals surface area contributed by atoms with E-state index in [1.807, 2.05) is 6.92 Å². The van der Waals surface area contributed by atoms with Crippen molar-refractivity contribution >= 4 is 34.8 Å². The lowest BCUT2D eigenvalue weighted by molar-refractivity contribution is 0.169. The third kappa shape index (κ3) is 3.55. The molecule has 0 aliphatic heterocycles. The van der Waals surface area contributed by atoms with Gasteiger partial charge >= 0.3 is 0 Å². The van der Waals surface area contributed by atoms with E-state index in [2.05, 4.69) is 4.98 Å². The van der Waals surface area contributed by atoms with Crippen molar-refractivity contribution in [3.8, 4) is 11.5 Å². The maximum Gasteiger partial charge on any atom is 0.147 e. The van der Waals surface area contributed by atoms with Gasteiger partial charge in [-0.05, 0) is 24.6 Å². The van der Waals surface area contributed by atoms with Crippen LogP contribution in [-0.4, -0.2) is 10.1 Å². The number of pyridine rings is 1. The van der Waals surface area contributed by atoms with Gasteiger partial charge < -0.3 is 9.84 Å². The highest BCUT2D eigenvalue weighted by Crippen LogP contribution is 2.36. The number of aliphatic hydroxyl groups is 1. The van der Waals surface area contributed by atoms with Gasteiger partial charge in [-0.1, -0.05) is 41.7 Å². The SMILES string of the molecule is CC[C@H](O)c1ccc(Oc2cc(Cl)c(Cl)cc2Cl)cn1. The molecule has 1 N–H and O–H groups in total. The van der Waals surface area contributed by atoms with Crippen LogP contribution in [-0.2, 0) is 0 Å². The second kappa shape index (κ2) is 6.64. The Kier molecular flexibility index (Phi) is 5.11. The van der Waals surface area contributed by atoms with Crippen LogP contribution in [0.1, 0.15) is 25.1 Å². The van der Waals surface area contributed by atoms with E-state index in [0.717, 1.165) is 0 Å². The zero-order valence-electron chi connectivity index (χ0n) is 10.6. The van der Waals surface area contributed by atoms with E-state index in [-0.39, 0.29) is 0 Å². The number of nitrogens with zero attached hydrogens (tertiary/aromatic N) is 1. The summed E-state index contributed by atoms with van der Waals surface area (Å²) in [4.78, 5) is 4.14. The quantitative estimate of drug-likeness (QED) is 0.775. The van der Waals surface area contributed by atoms with Crippen LogP contribution < -0.4 is 4.74 Å². The average Bonchev–Trinajstić information content (AvgIpc) is 2.44. The molecule has 0 amide bonds. The van der Waals surface area contributed by atoms with E-state index >= 15 is 0 Å². The van der Waals surface area contributed by atoms with Crippen LogP contribution in [0, 0.1) is 0 Å². The van der Waals surface area contributed by atoms with Crippen LogP contribution in [0.5, 0.6) is 11.5 Å². The molecule has 0 bridgehead atoms. The molecule has 0 saturated carbocycles. The Balaban J connectivity index is 2.20. The smallest absolute Gasteiger partial charge is 0.147 e. The Hall–Kier alpha value is -1.00. The van der Waals surface area contributed by atoms with Gasteiger partial charge in [0.15, 0.2) is 0 Å². The Morgan fingerprint density at radius 2 is 1.85 bits per heavy atom. The van der Waals surface area contributed by atoms with E-state index < -0.39 is 6.10 Å². The van der Waals surface area contributed by atoms with Crippen molar-refractivity contribution < 1.29 is 9.84 Å². The molecule has 0 saturated heterocycles. The summed E-state index contributed by atoms with van der Waals surface area (Å²) in [5.74, 6) is 0.893. The first kappa shape index (κ1) is 15.4. The highest BCUT2D eigenvalue weighted by atomic mass is 35.5. The zero-order chi connectivity index (χ0) is 14.7. The van der Waals surface area contributed by atoms with Crippen molar-refractivity contribution in [2.45, 2.75) is 19.4 Å². The minimum atomic E-state index is -0.572. The topological polar surface area (TPSA) is 42.4 Å². The van der Waals surface area contributed by atoms with Crippen molar-refractivity contribution in [1.82, 2.24) is 4.98 Å². The molecule has 0 aliphatic rings. The first-order chi connectivity index (χ1) is 9.51. The predicted molar refractivity (Wildman–Crippen MR) is 81.0 cm³/mol. The third-order valence-electron chi connectivity index (χ3n) is 2.69. The van der Waals surface area contributed by atoms with E-state index in [4.69, 9.17) is 39.5 Å². The van der Waals surface area contributed by atoms with Crippen LogP contribution in [0.3, 0.4) is 0 Å². The molecule has 2 rings (SSSR count). The van der Waals surface area contributed by atoms with Gasteiger partial charge in [0.2, 0.25) is 0 Å². The van der Waals surface area contributed by atoms with Gasteiger partial charge in [0.1, 0.15) is 11.5 Å². The van der Waals surface area contributed by atoms with Crippen molar-refractivity contribution in [2.75, 3.05) is 0 Å². The molecule has 0 spiro atoms. The molecule has 2 aromatic rings. The second-order valence-electron chi connectivity index (χ2n) is 4.14. The molecule has 0 aliphatic carbocycles. The number of aromatic nitrogens is 1. The van der Waals surface area contributed by atoms with Crippen LogP contribution in [0.25, 0.3) is 0 Å². The first-order valence-corrected chi connectivity index (χ1v) is 7.11. The lowest BCUT2D eigenvalue weighted by atomic mass is 10.2. The summed E-state index contributed by atoms with van der Waals surface area (Å²) in [7, 11) is 0. The largest absolute Gasteiger partial charge is 0.454 e. The number of halogens is 3. The van der Waals surface area contributed by atoms with Crippen LogP contribution in [0.4, 0.5) is 0 Å². The summed E-state index contributed by atoms with van der Waals surface area (Å²) in [6, 6.07) is 6.47. The first-order valence-electron chi connectivity index (χ1n) is 5.97. The summed E-state index contributed by atoms with van der Waals surface area (Å²) in [6.45, 7) is 1.88. The maximum atomic E-state index is 9.66. The van der Waals surface area contributed by atoms with Gasteiger partial charge in [-0.2, -0.15) is 0 Å². The lowest BCUT2D eigenvalue weighted by Crippen LogP contribution is -1.98. The number of aliphatic hydroxyl groups excluding tert-OH is 1. The van der Waals surface area contributed by atoms with Gasteiger partial charge in [-0.25, -0.2) is 0 Å². The molecule has 0 unspecified atom stereocenters. The van der Waals surface area contributed by atoms with Crippen molar-refractivity contribution in [2.24, 2.45) is 0 Å². The van der Waals surface area contributed by atoms with E-state index in [0.29, 0.717) is 38.7 Å². The van der Waals surface area contributed by atoms with Gasteiger partial charge in [0.05, 0.1) is 33.1 Å². The van der Waals surface area contributed by atoms with Crippen LogP contribution in [0.15, 0.2) is 30.5 Å². The summed E-state index contributed by atoms with van der Waals surface area (Å²) in [5.41, 5.74) is 0.597. The number of benzene rings is 1. The zero-order valence-corrected chi connectivity index (χ0v) is 12.9. The number of hydrogen-bond donors (Lipinski definition) is 1. The van der Waals surface area contributed by atoms with Crippen molar-refractivity contribution in [3.63, 3.8) is 0 Å². The van der Waals surface area contributed by atoms with Gasteiger partial charge in [-0.15, -0.1) is 0 Å². The summed E-state index contributed by atoms with van der Waals surface area (Å²) in [6.07, 6.45) is 1.55. The molecule has 20 heavy (non-hydrogen) atoms. The third-order valence-corrected chi connectivity index (χ3v) is 3.71. The Labute approximate surface area is 132 Å². The molecule has 1 heterocycles. The lowest BCUT2D eigenvalue weighted by Gasteiger charge is -2.10. The summed E-state index contributed by atoms with van der Waals surface area (Å²) in [5, 5.41) is 10.7. The van der Waals surface area contributed by atoms with Crippen molar-refractivity contribution in [3.05, 3.63) is 51.2 Å². The molecular weight excluding hydrogens is 321 g/mol. The molecule has 0 fully saturated rings. The summed E-state index contributed by atoms with van der Waals surface area (Å²) < 4.78 is 5.59. The standard InChI is InChI=1S/C14H12Cl3NO2/c1-2-13(19)12-4-3-8(7-18-12)20-14-6-10(16)9(15)5-11(14)17/h3-7,13,19H,2H2,1H3/t13-/m0/s1. The number of hydrogen-bond acceptors (Lipinski definition) is 3. The molecule has 1 atom stereocenters. The highest BCUT2D eigenvalue weighted by Gasteiger charge is 2.10. The Morgan fingerprint density at radius 1 is 1.15 bits per heavy atom. The number of rotatable bonds is 4.